The maximum Gasteiger partial charge on any atom is 0.241 e. The van der Waals surface area contributed by atoms with Crippen molar-refractivity contribution in [3.63, 3.8) is 0 Å². The first-order valence-electron chi connectivity index (χ1n) is 4.94. The van der Waals surface area contributed by atoms with Crippen molar-refractivity contribution in [3.8, 4) is 0 Å². The van der Waals surface area contributed by atoms with Gasteiger partial charge in [0.05, 0.1) is 6.04 Å². The van der Waals surface area contributed by atoms with Crippen LogP contribution in [0.4, 0.5) is 5.69 Å². The second kappa shape index (κ2) is 6.78. The van der Waals surface area contributed by atoms with E-state index < -0.39 is 6.04 Å². The molecule has 1 amide bonds. The van der Waals surface area contributed by atoms with Crippen LogP contribution >= 0.6 is 23.4 Å². The molecule has 3 nitrogen and oxygen atoms in total. The van der Waals surface area contributed by atoms with Gasteiger partial charge in [-0.2, -0.15) is 11.8 Å². The molecule has 0 unspecified atom stereocenters. The fourth-order valence-corrected chi connectivity index (χ4v) is 1.76. The van der Waals surface area contributed by atoms with E-state index in [9.17, 15) is 4.79 Å². The van der Waals surface area contributed by atoms with Crippen LogP contribution in [0.3, 0.4) is 0 Å². The van der Waals surface area contributed by atoms with Crippen LogP contribution < -0.4 is 11.1 Å². The fraction of sp³-hybridized carbons (Fsp3) is 0.364. The quantitative estimate of drug-likeness (QED) is 0.853. The largest absolute Gasteiger partial charge is 0.325 e. The molecule has 1 aromatic carbocycles. The number of rotatable bonds is 5. The minimum atomic E-state index is -0.455. The predicted octanol–water partition coefficient (Wildman–Crippen LogP) is 2.36. The second-order valence-corrected chi connectivity index (χ2v) is 4.81. The standard InChI is InChI=1S/C11H15ClN2OS/c1-16-7-6-10(13)11(15)14-9-4-2-8(12)3-5-9/h2-5,10H,6-7,13H2,1H3,(H,14,15)/t10-/m0/s1. The summed E-state index contributed by atoms with van der Waals surface area (Å²) in [5, 5.41) is 3.39. The van der Waals surface area contributed by atoms with Crippen LogP contribution in [-0.4, -0.2) is 24.0 Å². The Bertz CT molecular complexity index is 342. The fourth-order valence-electron chi connectivity index (χ4n) is 1.14. The molecule has 88 valence electrons. The molecule has 0 fully saturated rings. The molecule has 1 atom stereocenters. The maximum atomic E-state index is 11.6. The molecule has 0 heterocycles. The van der Waals surface area contributed by atoms with Gasteiger partial charge < -0.3 is 11.1 Å². The van der Waals surface area contributed by atoms with E-state index >= 15 is 0 Å². The molecule has 1 aromatic rings. The van der Waals surface area contributed by atoms with E-state index in [1.54, 1.807) is 36.0 Å². The number of carbonyl (C=O) groups is 1. The van der Waals surface area contributed by atoms with Crippen molar-refractivity contribution in [1.29, 1.82) is 0 Å². The summed E-state index contributed by atoms with van der Waals surface area (Å²) in [4.78, 5) is 11.6. The molecule has 5 heteroatoms. The Hall–Kier alpha value is -0.710. The van der Waals surface area contributed by atoms with Crippen LogP contribution in [0.15, 0.2) is 24.3 Å². The molecule has 0 aliphatic rings. The van der Waals surface area contributed by atoms with Crippen molar-refractivity contribution in [2.45, 2.75) is 12.5 Å². The van der Waals surface area contributed by atoms with Crippen molar-refractivity contribution in [3.05, 3.63) is 29.3 Å². The van der Waals surface area contributed by atoms with Gasteiger partial charge in [-0.25, -0.2) is 0 Å². The van der Waals surface area contributed by atoms with Gasteiger partial charge in [0.1, 0.15) is 0 Å². The number of nitrogens with one attached hydrogen (secondary N) is 1. The summed E-state index contributed by atoms with van der Waals surface area (Å²) < 4.78 is 0. The lowest BCUT2D eigenvalue weighted by Crippen LogP contribution is -2.36. The van der Waals surface area contributed by atoms with E-state index in [0.717, 1.165) is 5.75 Å². The second-order valence-electron chi connectivity index (χ2n) is 3.38. The van der Waals surface area contributed by atoms with Crippen LogP contribution in [0, 0.1) is 0 Å². The van der Waals surface area contributed by atoms with Crippen molar-refractivity contribution in [2.75, 3.05) is 17.3 Å². The van der Waals surface area contributed by atoms with E-state index in [0.29, 0.717) is 17.1 Å². The molecule has 0 bridgehead atoms. The first-order chi connectivity index (χ1) is 7.63. The van der Waals surface area contributed by atoms with Crippen molar-refractivity contribution < 1.29 is 4.79 Å². The van der Waals surface area contributed by atoms with Crippen LogP contribution in [0.25, 0.3) is 0 Å². The zero-order valence-corrected chi connectivity index (χ0v) is 10.6. The SMILES string of the molecule is CSCC[C@H](N)C(=O)Nc1ccc(Cl)cc1. The molecule has 0 radical (unpaired) electrons. The Balaban J connectivity index is 2.47. The molecule has 0 saturated heterocycles. The van der Waals surface area contributed by atoms with Gasteiger partial charge in [-0.1, -0.05) is 11.6 Å². The number of benzene rings is 1. The smallest absolute Gasteiger partial charge is 0.241 e. The number of hydrogen-bond acceptors (Lipinski definition) is 3. The zero-order chi connectivity index (χ0) is 12.0. The Labute approximate surface area is 105 Å². The summed E-state index contributed by atoms with van der Waals surface area (Å²) in [7, 11) is 0. The summed E-state index contributed by atoms with van der Waals surface area (Å²) in [5.41, 5.74) is 6.45. The van der Waals surface area contributed by atoms with Gasteiger partial charge in [-0.3, -0.25) is 4.79 Å². The van der Waals surface area contributed by atoms with Crippen LogP contribution in [0.2, 0.25) is 5.02 Å². The Morgan fingerprint density at radius 2 is 2.12 bits per heavy atom. The number of hydrogen-bond donors (Lipinski definition) is 2. The molecule has 16 heavy (non-hydrogen) atoms. The van der Waals surface area contributed by atoms with E-state index in [4.69, 9.17) is 17.3 Å². The molecule has 0 aliphatic carbocycles. The lowest BCUT2D eigenvalue weighted by atomic mass is 10.2. The van der Waals surface area contributed by atoms with Crippen molar-refractivity contribution in [1.82, 2.24) is 0 Å². The maximum absolute atomic E-state index is 11.6. The molecule has 0 saturated carbocycles. The number of carbonyl (C=O) groups excluding carboxylic acids is 1. The molecule has 0 aromatic heterocycles. The van der Waals surface area contributed by atoms with Gasteiger partial charge in [-0.05, 0) is 42.7 Å². The third-order valence-electron chi connectivity index (χ3n) is 2.08. The average molecular weight is 259 g/mol. The van der Waals surface area contributed by atoms with E-state index in [1.807, 2.05) is 6.26 Å². The normalized spacial score (nSPS) is 12.2. The number of halogens is 1. The van der Waals surface area contributed by atoms with Gasteiger partial charge >= 0.3 is 0 Å². The number of amides is 1. The summed E-state index contributed by atoms with van der Waals surface area (Å²) >= 11 is 7.42. The third-order valence-corrected chi connectivity index (χ3v) is 2.98. The van der Waals surface area contributed by atoms with E-state index in [1.165, 1.54) is 0 Å². The lowest BCUT2D eigenvalue weighted by Gasteiger charge is -2.11. The monoisotopic (exact) mass is 258 g/mol. The molecule has 3 N–H and O–H groups in total. The van der Waals surface area contributed by atoms with Crippen LogP contribution in [0.5, 0.6) is 0 Å². The highest BCUT2D eigenvalue weighted by atomic mass is 35.5. The lowest BCUT2D eigenvalue weighted by molar-refractivity contribution is -0.117. The Morgan fingerprint density at radius 1 is 1.50 bits per heavy atom. The van der Waals surface area contributed by atoms with E-state index in [-0.39, 0.29) is 5.91 Å². The van der Waals surface area contributed by atoms with Gasteiger partial charge in [0.25, 0.3) is 0 Å². The summed E-state index contributed by atoms with van der Waals surface area (Å²) in [6, 6.07) is 6.50. The highest BCUT2D eigenvalue weighted by Gasteiger charge is 2.12. The molecular weight excluding hydrogens is 244 g/mol. The topological polar surface area (TPSA) is 55.1 Å². The number of nitrogens with two attached hydrogens (primary N) is 1. The zero-order valence-electron chi connectivity index (χ0n) is 9.07. The van der Waals surface area contributed by atoms with Crippen LogP contribution in [0.1, 0.15) is 6.42 Å². The summed E-state index contributed by atoms with van der Waals surface area (Å²) in [6.07, 6.45) is 2.67. The Kier molecular flexibility index (Phi) is 5.66. The first-order valence-corrected chi connectivity index (χ1v) is 6.71. The average Bonchev–Trinajstić information content (AvgIpc) is 2.29. The van der Waals surface area contributed by atoms with Gasteiger partial charge in [-0.15, -0.1) is 0 Å². The summed E-state index contributed by atoms with van der Waals surface area (Å²) in [6.45, 7) is 0. The predicted molar refractivity (Wildman–Crippen MR) is 71.1 cm³/mol. The van der Waals surface area contributed by atoms with Crippen molar-refractivity contribution >= 4 is 35.0 Å². The highest BCUT2D eigenvalue weighted by molar-refractivity contribution is 7.98. The molecule has 1 rings (SSSR count). The first kappa shape index (κ1) is 13.4. The van der Waals surface area contributed by atoms with Gasteiger partial charge in [0.15, 0.2) is 0 Å². The number of thioether (sulfide) groups is 1. The molecular formula is C11H15ClN2OS. The van der Waals surface area contributed by atoms with E-state index in [2.05, 4.69) is 5.32 Å². The minimum absolute atomic E-state index is 0.156. The van der Waals surface area contributed by atoms with Gasteiger partial charge in [0, 0.05) is 10.7 Å². The third kappa shape index (κ3) is 4.43. The van der Waals surface area contributed by atoms with Crippen LogP contribution in [-0.2, 0) is 4.79 Å². The molecule has 0 aliphatic heterocycles. The Morgan fingerprint density at radius 3 is 2.69 bits per heavy atom. The van der Waals surface area contributed by atoms with Crippen molar-refractivity contribution in [2.24, 2.45) is 5.73 Å². The molecule has 0 spiro atoms. The van der Waals surface area contributed by atoms with Gasteiger partial charge in [0.2, 0.25) is 5.91 Å². The highest BCUT2D eigenvalue weighted by Crippen LogP contribution is 2.13. The summed E-state index contributed by atoms with van der Waals surface area (Å²) in [5.74, 6) is 0.728. The number of anilines is 1. The minimum Gasteiger partial charge on any atom is -0.325 e.